The van der Waals surface area contributed by atoms with Crippen molar-refractivity contribution >= 4 is 5.91 Å². The quantitative estimate of drug-likeness (QED) is 0.661. The predicted octanol–water partition coefficient (Wildman–Crippen LogP) is -0.613. The number of amides is 1. The van der Waals surface area contributed by atoms with Crippen molar-refractivity contribution in [2.24, 2.45) is 0 Å². The summed E-state index contributed by atoms with van der Waals surface area (Å²) in [6.07, 6.45) is 3.06. The molecule has 2 heterocycles. The minimum absolute atomic E-state index is 0.138. The van der Waals surface area contributed by atoms with Gasteiger partial charge < -0.3 is 4.74 Å². The molecular formula is C8H12N4O2. The average Bonchev–Trinajstić information content (AvgIpc) is 2.72. The molecule has 0 bridgehead atoms. The highest BCUT2D eigenvalue weighted by molar-refractivity contribution is 5.93. The molecule has 6 heteroatoms. The van der Waals surface area contributed by atoms with Gasteiger partial charge in [-0.05, 0) is 0 Å². The van der Waals surface area contributed by atoms with Crippen molar-refractivity contribution in [1.82, 2.24) is 20.6 Å². The molecule has 1 saturated heterocycles. The van der Waals surface area contributed by atoms with Crippen LogP contribution in [0.4, 0.5) is 0 Å². The fourth-order valence-corrected chi connectivity index (χ4v) is 1.26. The normalized spacial score (nSPS) is 18.0. The van der Waals surface area contributed by atoms with E-state index < -0.39 is 0 Å². The first-order chi connectivity index (χ1) is 6.86. The number of aromatic nitrogens is 2. The molecule has 0 saturated carbocycles. The van der Waals surface area contributed by atoms with Crippen LogP contribution >= 0.6 is 0 Å². The van der Waals surface area contributed by atoms with Crippen LogP contribution in [0.3, 0.4) is 0 Å². The second-order valence-electron chi connectivity index (χ2n) is 3.03. The van der Waals surface area contributed by atoms with Gasteiger partial charge in [0.15, 0.2) is 0 Å². The highest BCUT2D eigenvalue weighted by Gasteiger charge is 2.14. The van der Waals surface area contributed by atoms with Crippen molar-refractivity contribution in [3.8, 4) is 0 Å². The van der Waals surface area contributed by atoms with Crippen molar-refractivity contribution in [3.05, 3.63) is 18.0 Å². The van der Waals surface area contributed by atoms with Crippen molar-refractivity contribution in [3.63, 3.8) is 0 Å². The molecule has 0 radical (unpaired) electrons. The molecule has 1 aliphatic rings. The molecule has 1 aliphatic heterocycles. The Morgan fingerprint density at radius 1 is 1.57 bits per heavy atom. The predicted molar refractivity (Wildman–Crippen MR) is 48.4 cm³/mol. The minimum atomic E-state index is -0.138. The largest absolute Gasteiger partial charge is 0.379 e. The second kappa shape index (κ2) is 4.21. The summed E-state index contributed by atoms with van der Waals surface area (Å²) in [7, 11) is 0. The number of hydrogen-bond acceptors (Lipinski definition) is 4. The van der Waals surface area contributed by atoms with Gasteiger partial charge in [0.25, 0.3) is 5.91 Å². The zero-order valence-corrected chi connectivity index (χ0v) is 7.69. The van der Waals surface area contributed by atoms with E-state index in [4.69, 9.17) is 4.74 Å². The number of hydrazine groups is 1. The number of H-pyrrole nitrogens is 1. The molecule has 1 aromatic rings. The van der Waals surface area contributed by atoms with Gasteiger partial charge in [-0.15, -0.1) is 0 Å². The first-order valence-electron chi connectivity index (χ1n) is 4.49. The lowest BCUT2D eigenvalue weighted by atomic mass is 10.3. The van der Waals surface area contributed by atoms with E-state index in [0.29, 0.717) is 18.8 Å². The first-order valence-corrected chi connectivity index (χ1v) is 4.49. The molecule has 0 aliphatic carbocycles. The summed E-state index contributed by atoms with van der Waals surface area (Å²) in [4.78, 5) is 11.5. The van der Waals surface area contributed by atoms with E-state index in [1.165, 1.54) is 6.20 Å². The average molecular weight is 196 g/mol. The fraction of sp³-hybridized carbons (Fsp3) is 0.500. The maximum absolute atomic E-state index is 11.5. The van der Waals surface area contributed by atoms with Gasteiger partial charge in [0.1, 0.15) is 0 Å². The van der Waals surface area contributed by atoms with E-state index in [1.54, 1.807) is 6.20 Å². The molecule has 1 fully saturated rings. The number of carbonyl (C=O) groups excluding carboxylic acids is 1. The molecule has 0 unspecified atom stereocenters. The lowest BCUT2D eigenvalue weighted by Gasteiger charge is -2.26. The van der Waals surface area contributed by atoms with Crippen LogP contribution in [-0.4, -0.2) is 47.4 Å². The number of rotatable bonds is 2. The van der Waals surface area contributed by atoms with Gasteiger partial charge in [0.05, 0.1) is 25.0 Å². The molecule has 0 atom stereocenters. The highest BCUT2D eigenvalue weighted by Crippen LogP contribution is 1.97. The maximum atomic E-state index is 11.5. The van der Waals surface area contributed by atoms with Gasteiger partial charge in [-0.3, -0.25) is 15.3 Å². The monoisotopic (exact) mass is 196 g/mol. The number of carbonyl (C=O) groups is 1. The topological polar surface area (TPSA) is 70.2 Å². The third-order valence-corrected chi connectivity index (χ3v) is 2.03. The van der Waals surface area contributed by atoms with Crippen LogP contribution in [0.1, 0.15) is 10.4 Å². The highest BCUT2D eigenvalue weighted by atomic mass is 16.5. The van der Waals surface area contributed by atoms with Gasteiger partial charge in [-0.25, -0.2) is 5.01 Å². The van der Waals surface area contributed by atoms with Gasteiger partial charge >= 0.3 is 0 Å². The molecule has 14 heavy (non-hydrogen) atoms. The van der Waals surface area contributed by atoms with Crippen LogP contribution in [0, 0.1) is 0 Å². The van der Waals surface area contributed by atoms with E-state index in [2.05, 4.69) is 15.6 Å². The van der Waals surface area contributed by atoms with Crippen LogP contribution in [0.25, 0.3) is 0 Å². The zero-order chi connectivity index (χ0) is 9.80. The van der Waals surface area contributed by atoms with E-state index in [-0.39, 0.29) is 5.91 Å². The van der Waals surface area contributed by atoms with Crippen LogP contribution < -0.4 is 5.43 Å². The van der Waals surface area contributed by atoms with E-state index >= 15 is 0 Å². The summed E-state index contributed by atoms with van der Waals surface area (Å²) in [6, 6.07) is 0. The Morgan fingerprint density at radius 3 is 3.00 bits per heavy atom. The zero-order valence-electron chi connectivity index (χ0n) is 7.69. The fourth-order valence-electron chi connectivity index (χ4n) is 1.26. The molecular weight excluding hydrogens is 184 g/mol. The number of ether oxygens (including phenoxy) is 1. The molecule has 6 nitrogen and oxygen atoms in total. The van der Waals surface area contributed by atoms with Crippen molar-refractivity contribution in [1.29, 1.82) is 0 Å². The number of nitrogens with zero attached hydrogens (tertiary/aromatic N) is 2. The minimum Gasteiger partial charge on any atom is -0.379 e. The Labute approximate surface area is 81.2 Å². The molecule has 76 valence electrons. The molecule has 2 N–H and O–H groups in total. The van der Waals surface area contributed by atoms with Crippen molar-refractivity contribution in [2.75, 3.05) is 26.3 Å². The van der Waals surface area contributed by atoms with E-state index in [1.807, 2.05) is 5.01 Å². The number of aromatic amines is 1. The summed E-state index contributed by atoms with van der Waals surface area (Å²) in [6.45, 7) is 2.77. The lowest BCUT2D eigenvalue weighted by Crippen LogP contribution is -2.48. The maximum Gasteiger partial charge on any atom is 0.268 e. The Morgan fingerprint density at radius 2 is 2.36 bits per heavy atom. The van der Waals surface area contributed by atoms with Crippen LogP contribution in [0.2, 0.25) is 0 Å². The molecule has 0 spiro atoms. The third-order valence-electron chi connectivity index (χ3n) is 2.03. The summed E-state index contributed by atoms with van der Waals surface area (Å²) >= 11 is 0. The van der Waals surface area contributed by atoms with Gasteiger partial charge in [-0.2, -0.15) is 5.10 Å². The van der Waals surface area contributed by atoms with Crippen LogP contribution in [0.5, 0.6) is 0 Å². The number of hydrogen-bond donors (Lipinski definition) is 2. The first kappa shape index (κ1) is 9.17. The summed E-state index contributed by atoms with van der Waals surface area (Å²) in [5, 5.41) is 8.15. The molecule has 1 amide bonds. The summed E-state index contributed by atoms with van der Waals surface area (Å²) in [5.74, 6) is -0.138. The van der Waals surface area contributed by atoms with E-state index in [9.17, 15) is 4.79 Å². The number of morpholine rings is 1. The van der Waals surface area contributed by atoms with E-state index in [0.717, 1.165) is 13.1 Å². The Kier molecular flexibility index (Phi) is 2.76. The van der Waals surface area contributed by atoms with Gasteiger partial charge in [0.2, 0.25) is 0 Å². The summed E-state index contributed by atoms with van der Waals surface area (Å²) < 4.78 is 5.16. The van der Waals surface area contributed by atoms with Crippen molar-refractivity contribution < 1.29 is 9.53 Å². The molecule has 2 rings (SSSR count). The van der Waals surface area contributed by atoms with Gasteiger partial charge in [0, 0.05) is 19.3 Å². The number of nitrogens with one attached hydrogen (secondary N) is 2. The Bertz CT molecular complexity index is 292. The SMILES string of the molecule is O=C(NN1CCOCC1)c1cn[nH]c1. The lowest BCUT2D eigenvalue weighted by molar-refractivity contribution is 0.0126. The van der Waals surface area contributed by atoms with Crippen molar-refractivity contribution in [2.45, 2.75) is 0 Å². The standard InChI is InChI=1S/C8H12N4O2/c13-8(7-5-9-10-6-7)11-12-1-3-14-4-2-12/h5-6H,1-4H2,(H,9,10)(H,11,13). The molecule has 1 aromatic heterocycles. The third kappa shape index (κ3) is 2.09. The van der Waals surface area contributed by atoms with Crippen LogP contribution in [-0.2, 0) is 4.74 Å². The van der Waals surface area contributed by atoms with Crippen LogP contribution in [0.15, 0.2) is 12.4 Å². The van der Waals surface area contributed by atoms with Gasteiger partial charge in [-0.1, -0.05) is 0 Å². The Hall–Kier alpha value is -1.40. The second-order valence-corrected chi connectivity index (χ2v) is 3.03. The Balaban J connectivity index is 1.87. The smallest absolute Gasteiger partial charge is 0.268 e. The molecule has 0 aromatic carbocycles. The summed E-state index contributed by atoms with van der Waals surface area (Å²) in [5.41, 5.74) is 3.31.